The van der Waals surface area contributed by atoms with E-state index in [1.807, 2.05) is 36.4 Å². The van der Waals surface area contributed by atoms with E-state index in [2.05, 4.69) is 13.8 Å². The second-order valence-electron chi connectivity index (χ2n) is 12.5. The molecule has 240 valence electrons. The maximum Gasteiger partial charge on any atom is 0.306 e. The van der Waals surface area contributed by atoms with Crippen LogP contribution in [0.4, 0.5) is 4.39 Å². The van der Waals surface area contributed by atoms with Crippen molar-refractivity contribution in [1.29, 1.82) is 0 Å². The number of benzene rings is 3. The standard InChI is InChI=1S/C35H40FNO7S/c1-21-15-26(42-19-23-11-13-37(14-12-23)45(4,39)40)16-22(2)34(21)28-7-9-30(36)35-29(28)8-10-31(35)44-25-5-6-27-24(17-33(38)41-3)20-43-32(27)18-25/h5-7,9,15-16,18,23-24,31H,8,10-14,17,19-20H2,1-4H3/t24?,31-/m1/s1. The Labute approximate surface area is 264 Å². The summed E-state index contributed by atoms with van der Waals surface area (Å²) < 4.78 is 63.8. The van der Waals surface area contributed by atoms with Gasteiger partial charge < -0.3 is 18.9 Å². The van der Waals surface area contributed by atoms with Crippen LogP contribution in [0.25, 0.3) is 11.1 Å². The predicted octanol–water partition coefficient (Wildman–Crippen LogP) is 6.27. The maximum absolute atomic E-state index is 15.4. The minimum atomic E-state index is -3.15. The van der Waals surface area contributed by atoms with E-state index in [1.165, 1.54) is 23.7 Å². The summed E-state index contributed by atoms with van der Waals surface area (Å²) in [5.41, 5.74) is 6.69. The molecule has 1 unspecified atom stereocenters. The molecule has 3 aromatic rings. The third-order valence-electron chi connectivity index (χ3n) is 9.37. The van der Waals surface area contributed by atoms with Crippen LogP contribution in [0.5, 0.6) is 17.2 Å². The van der Waals surface area contributed by atoms with Gasteiger partial charge in [-0.15, -0.1) is 0 Å². The van der Waals surface area contributed by atoms with Crippen molar-refractivity contribution in [1.82, 2.24) is 4.31 Å². The predicted molar refractivity (Wildman–Crippen MR) is 169 cm³/mol. The van der Waals surface area contributed by atoms with Crippen LogP contribution in [0.15, 0.2) is 42.5 Å². The molecule has 45 heavy (non-hydrogen) atoms. The molecule has 0 bridgehead atoms. The quantitative estimate of drug-likeness (QED) is 0.256. The lowest BCUT2D eigenvalue weighted by Crippen LogP contribution is -2.39. The highest BCUT2D eigenvalue weighted by atomic mass is 32.2. The number of carbonyl (C=O) groups excluding carboxylic acids is 1. The minimum absolute atomic E-state index is 0.0582. The minimum Gasteiger partial charge on any atom is -0.493 e. The van der Waals surface area contributed by atoms with Crippen molar-refractivity contribution in [2.45, 2.75) is 58.0 Å². The molecule has 2 heterocycles. The van der Waals surface area contributed by atoms with Crippen molar-refractivity contribution < 1.29 is 36.6 Å². The zero-order valence-electron chi connectivity index (χ0n) is 26.2. The van der Waals surface area contributed by atoms with Crippen LogP contribution in [0.2, 0.25) is 0 Å². The van der Waals surface area contributed by atoms with Crippen LogP contribution in [-0.4, -0.2) is 58.4 Å². The zero-order chi connectivity index (χ0) is 31.9. The summed E-state index contributed by atoms with van der Waals surface area (Å²) in [7, 11) is -1.77. The molecule has 3 aliphatic rings. The highest BCUT2D eigenvalue weighted by Crippen LogP contribution is 2.45. The summed E-state index contributed by atoms with van der Waals surface area (Å²) >= 11 is 0. The van der Waals surface area contributed by atoms with E-state index in [0.717, 1.165) is 52.0 Å². The van der Waals surface area contributed by atoms with Gasteiger partial charge >= 0.3 is 5.97 Å². The van der Waals surface area contributed by atoms with Crippen LogP contribution < -0.4 is 14.2 Å². The first-order valence-electron chi connectivity index (χ1n) is 15.5. The fourth-order valence-corrected chi connectivity index (χ4v) is 7.90. The van der Waals surface area contributed by atoms with Crippen molar-refractivity contribution in [3.63, 3.8) is 0 Å². The van der Waals surface area contributed by atoms with Crippen molar-refractivity contribution in [2.24, 2.45) is 5.92 Å². The molecule has 10 heteroatoms. The van der Waals surface area contributed by atoms with Gasteiger partial charge in [-0.25, -0.2) is 17.1 Å². The maximum atomic E-state index is 15.4. The van der Waals surface area contributed by atoms with Gasteiger partial charge in [-0.3, -0.25) is 4.79 Å². The number of fused-ring (bicyclic) bond motifs is 2. The molecule has 0 spiro atoms. The summed E-state index contributed by atoms with van der Waals surface area (Å²) in [4.78, 5) is 11.8. The van der Waals surface area contributed by atoms with E-state index in [9.17, 15) is 13.2 Å². The summed E-state index contributed by atoms with van der Waals surface area (Å²) in [6.07, 6.45) is 4.00. The molecule has 0 N–H and O–H groups in total. The molecule has 2 aliphatic heterocycles. The molecule has 1 fully saturated rings. The highest BCUT2D eigenvalue weighted by molar-refractivity contribution is 7.88. The molecule has 1 saturated heterocycles. The highest BCUT2D eigenvalue weighted by Gasteiger charge is 2.32. The van der Waals surface area contributed by atoms with Crippen molar-refractivity contribution in [3.8, 4) is 28.4 Å². The fraction of sp³-hybridized carbons (Fsp3) is 0.457. The Morgan fingerprint density at radius 3 is 2.44 bits per heavy atom. The van der Waals surface area contributed by atoms with E-state index in [0.29, 0.717) is 62.1 Å². The van der Waals surface area contributed by atoms with Crippen molar-refractivity contribution in [2.75, 3.05) is 39.7 Å². The first kappa shape index (κ1) is 31.4. The number of piperidine rings is 1. The lowest BCUT2D eigenvalue weighted by Gasteiger charge is -2.30. The lowest BCUT2D eigenvalue weighted by atomic mass is 9.90. The number of sulfonamides is 1. The SMILES string of the molecule is COC(=O)CC1COc2cc(O[C@@H]3CCc4c(-c5c(C)cc(OCC6CCN(S(C)(=O)=O)CC6)cc5C)ccc(F)c43)ccc21. The molecule has 3 aromatic carbocycles. The summed E-state index contributed by atoms with van der Waals surface area (Å²) in [5, 5.41) is 0. The van der Waals surface area contributed by atoms with Gasteiger partial charge in [0.2, 0.25) is 10.0 Å². The van der Waals surface area contributed by atoms with Gasteiger partial charge in [-0.05, 0) is 97.5 Å². The Kier molecular flexibility index (Phi) is 8.81. The number of halogens is 1. The smallest absolute Gasteiger partial charge is 0.306 e. The van der Waals surface area contributed by atoms with Gasteiger partial charge in [0, 0.05) is 36.2 Å². The number of nitrogens with zero attached hydrogens (tertiary/aromatic N) is 1. The van der Waals surface area contributed by atoms with E-state index >= 15 is 4.39 Å². The molecular weight excluding hydrogens is 597 g/mol. The molecule has 2 atom stereocenters. The molecule has 0 saturated carbocycles. The van der Waals surface area contributed by atoms with E-state index in [4.69, 9.17) is 18.9 Å². The normalized spacial score (nSPS) is 19.9. The summed E-state index contributed by atoms with van der Waals surface area (Å²) in [5.74, 6) is 1.77. The Hall–Kier alpha value is -3.63. The monoisotopic (exact) mass is 637 g/mol. The first-order chi connectivity index (χ1) is 21.5. The molecule has 1 aliphatic carbocycles. The Morgan fingerprint density at radius 2 is 1.76 bits per heavy atom. The Morgan fingerprint density at radius 1 is 1.02 bits per heavy atom. The van der Waals surface area contributed by atoms with Crippen LogP contribution >= 0.6 is 0 Å². The van der Waals surface area contributed by atoms with Gasteiger partial charge in [0.25, 0.3) is 0 Å². The third kappa shape index (κ3) is 6.53. The average molecular weight is 638 g/mol. The first-order valence-corrected chi connectivity index (χ1v) is 17.4. The molecule has 6 rings (SSSR count). The van der Waals surface area contributed by atoms with Gasteiger partial charge in [0.05, 0.1) is 33.0 Å². The lowest BCUT2D eigenvalue weighted by molar-refractivity contribution is -0.141. The average Bonchev–Trinajstić information content (AvgIpc) is 3.61. The topological polar surface area (TPSA) is 91.4 Å². The molecule has 8 nitrogen and oxygen atoms in total. The number of rotatable bonds is 9. The largest absolute Gasteiger partial charge is 0.493 e. The van der Waals surface area contributed by atoms with Crippen molar-refractivity contribution in [3.05, 3.63) is 76.1 Å². The fourth-order valence-electron chi connectivity index (χ4n) is 7.03. The van der Waals surface area contributed by atoms with Gasteiger partial charge in [0.1, 0.15) is 29.2 Å². The van der Waals surface area contributed by atoms with E-state index in [1.54, 1.807) is 0 Å². The number of methoxy groups -OCH3 is 1. The van der Waals surface area contributed by atoms with Crippen molar-refractivity contribution >= 4 is 16.0 Å². The summed E-state index contributed by atoms with van der Waals surface area (Å²) in [6.45, 7) is 6.11. The Bertz CT molecular complexity index is 1690. The van der Waals surface area contributed by atoms with Crippen LogP contribution in [-0.2, 0) is 26.0 Å². The van der Waals surface area contributed by atoms with E-state index in [-0.39, 0.29) is 24.1 Å². The number of hydrogen-bond acceptors (Lipinski definition) is 7. The number of aryl methyl sites for hydroxylation is 2. The number of carbonyl (C=O) groups is 1. The number of hydrogen-bond donors (Lipinski definition) is 0. The molecule has 0 amide bonds. The molecule has 0 radical (unpaired) electrons. The van der Waals surface area contributed by atoms with Crippen LogP contribution in [0, 0.1) is 25.6 Å². The summed E-state index contributed by atoms with van der Waals surface area (Å²) in [6, 6.07) is 13.1. The molecular formula is C35H40FNO7S. The second-order valence-corrected chi connectivity index (χ2v) is 14.5. The second kappa shape index (κ2) is 12.6. The van der Waals surface area contributed by atoms with Crippen LogP contribution in [0.1, 0.15) is 65.5 Å². The number of ether oxygens (including phenoxy) is 4. The van der Waals surface area contributed by atoms with Gasteiger partial charge in [-0.2, -0.15) is 0 Å². The van der Waals surface area contributed by atoms with Crippen LogP contribution in [0.3, 0.4) is 0 Å². The van der Waals surface area contributed by atoms with Gasteiger partial charge in [0.15, 0.2) is 0 Å². The third-order valence-corrected chi connectivity index (χ3v) is 10.7. The number of esters is 1. The van der Waals surface area contributed by atoms with Gasteiger partial charge in [-0.1, -0.05) is 12.1 Å². The zero-order valence-corrected chi connectivity index (χ0v) is 27.0. The Balaban J connectivity index is 1.17. The molecule has 0 aromatic heterocycles. The van der Waals surface area contributed by atoms with E-state index < -0.39 is 16.1 Å².